The molecule has 0 amide bonds. The smallest absolute Gasteiger partial charge is 0.339 e. The molecule has 4 N–H and O–H groups in total. The van der Waals surface area contributed by atoms with Crippen LogP contribution in [0, 0.1) is 16.7 Å². The highest BCUT2D eigenvalue weighted by atomic mass is 35.5. The molecule has 0 heterocycles. The molecule has 0 saturated heterocycles. The van der Waals surface area contributed by atoms with Gasteiger partial charge in [0.1, 0.15) is 17.1 Å². The molecule has 0 spiro atoms. The van der Waals surface area contributed by atoms with E-state index in [-0.39, 0.29) is 45.4 Å². The van der Waals surface area contributed by atoms with Gasteiger partial charge in [-0.2, -0.15) is 0 Å². The normalized spacial score (nSPS) is 26.2. The summed E-state index contributed by atoms with van der Waals surface area (Å²) in [6.07, 6.45) is 3.16. The number of anilines is 1. The number of rotatable bonds is 5. The molecule has 2 aliphatic carbocycles. The molecule has 2 fully saturated rings. The quantitative estimate of drug-likeness (QED) is 0.372. The first-order chi connectivity index (χ1) is 14.5. The number of benzene rings is 2. The highest BCUT2D eigenvalue weighted by Gasteiger charge is 2.61. The van der Waals surface area contributed by atoms with Crippen LogP contribution < -0.4 is 5.32 Å². The number of phenols is 2. The number of nitrogens with one attached hydrogen (secondary N) is 1. The van der Waals surface area contributed by atoms with Crippen molar-refractivity contribution in [1.29, 1.82) is 0 Å². The van der Waals surface area contributed by atoms with Gasteiger partial charge in [-0.05, 0) is 66.2 Å². The molecule has 4 rings (SSSR count). The third-order valence-electron chi connectivity index (χ3n) is 8.13. The maximum absolute atomic E-state index is 11.9. The van der Waals surface area contributed by atoms with Crippen LogP contribution in [-0.4, -0.2) is 21.3 Å². The van der Waals surface area contributed by atoms with E-state index in [1.54, 1.807) is 6.07 Å². The second-order valence-corrected chi connectivity index (χ2v) is 10.5. The number of phenolic OH excluding ortho intramolecular Hbond substituents is 1. The number of carbonyl (C=O) groups is 1. The molecule has 0 radical (unpaired) electrons. The first kappa shape index (κ1) is 22.1. The average molecular weight is 464 g/mol. The Labute approximate surface area is 192 Å². The predicted octanol–water partition coefficient (Wildman–Crippen LogP) is 6.64. The molecule has 3 unspecified atom stereocenters. The zero-order chi connectivity index (χ0) is 22.7. The van der Waals surface area contributed by atoms with E-state index in [1.165, 1.54) is 18.6 Å². The summed E-state index contributed by atoms with van der Waals surface area (Å²) in [5.41, 5.74) is 1.72. The molecule has 2 saturated carbocycles. The van der Waals surface area contributed by atoms with E-state index in [1.807, 2.05) is 6.07 Å². The van der Waals surface area contributed by atoms with E-state index in [4.69, 9.17) is 23.2 Å². The second-order valence-electron chi connectivity index (χ2n) is 9.68. The van der Waals surface area contributed by atoms with Crippen LogP contribution in [0.1, 0.15) is 67.4 Å². The monoisotopic (exact) mass is 463 g/mol. The van der Waals surface area contributed by atoms with Crippen LogP contribution in [0.2, 0.25) is 10.0 Å². The zero-order valence-corrected chi connectivity index (χ0v) is 19.3. The van der Waals surface area contributed by atoms with Crippen molar-refractivity contribution >= 4 is 34.9 Å². The van der Waals surface area contributed by atoms with Crippen LogP contribution >= 0.6 is 23.2 Å². The van der Waals surface area contributed by atoms with Crippen molar-refractivity contribution in [1.82, 2.24) is 0 Å². The number of fused-ring (bicyclic) bond motifs is 2. The molecular weight excluding hydrogens is 437 g/mol. The lowest BCUT2D eigenvalue weighted by molar-refractivity contribution is 0.0693. The van der Waals surface area contributed by atoms with E-state index in [9.17, 15) is 20.1 Å². The van der Waals surface area contributed by atoms with Gasteiger partial charge in [0.15, 0.2) is 0 Å². The Hall–Kier alpha value is -2.11. The van der Waals surface area contributed by atoms with Crippen molar-refractivity contribution in [2.24, 2.45) is 16.7 Å². The summed E-state index contributed by atoms with van der Waals surface area (Å²) in [5.74, 6) is -0.768. The molecule has 7 heteroatoms. The fourth-order valence-corrected chi connectivity index (χ4v) is 6.35. The Kier molecular flexibility index (Phi) is 5.34. The fourth-order valence-electron chi connectivity index (χ4n) is 5.81. The lowest BCUT2D eigenvalue weighted by atomic mass is 9.65. The topological polar surface area (TPSA) is 89.8 Å². The maximum atomic E-state index is 11.9. The Morgan fingerprint density at radius 1 is 1.13 bits per heavy atom. The summed E-state index contributed by atoms with van der Waals surface area (Å²) in [7, 11) is 0. The van der Waals surface area contributed by atoms with E-state index < -0.39 is 5.97 Å². The van der Waals surface area contributed by atoms with Crippen molar-refractivity contribution in [2.45, 2.75) is 52.5 Å². The van der Waals surface area contributed by atoms with Crippen LogP contribution in [-0.2, 0) is 6.54 Å². The van der Waals surface area contributed by atoms with Crippen LogP contribution in [0.3, 0.4) is 0 Å². The van der Waals surface area contributed by atoms with Crippen molar-refractivity contribution in [3.8, 4) is 11.5 Å². The van der Waals surface area contributed by atoms with Gasteiger partial charge in [-0.3, -0.25) is 0 Å². The number of carboxylic acids is 1. The van der Waals surface area contributed by atoms with Crippen molar-refractivity contribution in [3.63, 3.8) is 0 Å². The molecule has 166 valence electrons. The minimum Gasteiger partial charge on any atom is -0.507 e. The van der Waals surface area contributed by atoms with Gasteiger partial charge in [0, 0.05) is 28.4 Å². The minimum absolute atomic E-state index is 0.0116. The second kappa shape index (κ2) is 7.49. The Bertz CT molecular complexity index is 1070. The summed E-state index contributed by atoms with van der Waals surface area (Å²) < 4.78 is 0. The number of hydrogen-bond acceptors (Lipinski definition) is 4. The lowest BCUT2D eigenvalue weighted by Crippen LogP contribution is -2.31. The van der Waals surface area contributed by atoms with Crippen molar-refractivity contribution in [3.05, 3.63) is 51.0 Å². The van der Waals surface area contributed by atoms with Crippen LogP contribution in [0.5, 0.6) is 11.5 Å². The molecule has 2 aromatic rings. The van der Waals surface area contributed by atoms with Gasteiger partial charge < -0.3 is 20.6 Å². The first-order valence-electron chi connectivity index (χ1n) is 10.5. The van der Waals surface area contributed by atoms with Gasteiger partial charge in [-0.1, -0.05) is 44.0 Å². The van der Waals surface area contributed by atoms with Gasteiger partial charge in [-0.15, -0.1) is 0 Å². The number of halogens is 2. The van der Waals surface area contributed by atoms with Crippen LogP contribution in [0.25, 0.3) is 0 Å². The molecule has 2 aliphatic rings. The Morgan fingerprint density at radius 3 is 2.42 bits per heavy atom. The largest absolute Gasteiger partial charge is 0.507 e. The van der Waals surface area contributed by atoms with Gasteiger partial charge in [0.05, 0.1) is 5.02 Å². The molecule has 3 atom stereocenters. The molecule has 5 nitrogen and oxygen atoms in total. The van der Waals surface area contributed by atoms with Gasteiger partial charge >= 0.3 is 5.97 Å². The van der Waals surface area contributed by atoms with E-state index in [0.29, 0.717) is 27.8 Å². The molecule has 31 heavy (non-hydrogen) atoms. The minimum atomic E-state index is -1.18. The van der Waals surface area contributed by atoms with Crippen LogP contribution in [0.15, 0.2) is 24.3 Å². The van der Waals surface area contributed by atoms with E-state index in [2.05, 4.69) is 26.1 Å². The standard InChI is InChI=1S/C24H27Cl2NO4/c1-23(2)13-4-5-24(23,3)18(7-13)16-9-15(10-17(21(16)29)22(30)31)27-11-12-6-14(25)8-19(26)20(12)28/h6,8-10,13,18,27-29H,4-5,7,11H2,1-3H3,(H,30,31). The third-order valence-corrected chi connectivity index (χ3v) is 8.64. The summed E-state index contributed by atoms with van der Waals surface area (Å²) in [6, 6.07) is 6.33. The Morgan fingerprint density at radius 2 is 1.84 bits per heavy atom. The highest BCUT2D eigenvalue weighted by Crippen LogP contribution is 2.71. The Balaban J connectivity index is 1.71. The molecular formula is C24H27Cl2NO4. The fraction of sp³-hybridized carbons (Fsp3) is 0.458. The summed E-state index contributed by atoms with van der Waals surface area (Å²) in [6.45, 7) is 7.03. The van der Waals surface area contributed by atoms with Crippen molar-refractivity contribution in [2.75, 3.05) is 5.32 Å². The molecule has 2 aromatic carbocycles. The SMILES string of the molecule is CC1(C)C2CCC1(C)C(c1cc(NCc3cc(Cl)cc(Cl)c3O)cc(C(=O)O)c1O)C2. The highest BCUT2D eigenvalue weighted by molar-refractivity contribution is 6.35. The number of aromatic carboxylic acids is 1. The van der Waals surface area contributed by atoms with Crippen LogP contribution in [0.4, 0.5) is 5.69 Å². The predicted molar refractivity (Wildman–Crippen MR) is 122 cm³/mol. The maximum Gasteiger partial charge on any atom is 0.339 e. The zero-order valence-electron chi connectivity index (χ0n) is 17.8. The average Bonchev–Trinajstić information content (AvgIpc) is 3.03. The van der Waals surface area contributed by atoms with Gasteiger partial charge in [0.2, 0.25) is 0 Å². The lowest BCUT2D eigenvalue weighted by Gasteiger charge is -2.40. The number of aromatic hydroxyl groups is 2. The summed E-state index contributed by atoms with van der Waals surface area (Å²) in [5, 5.41) is 34.5. The van der Waals surface area contributed by atoms with Gasteiger partial charge in [0.25, 0.3) is 0 Å². The van der Waals surface area contributed by atoms with E-state index >= 15 is 0 Å². The molecule has 0 aromatic heterocycles. The number of hydrogen-bond donors (Lipinski definition) is 4. The molecule has 0 aliphatic heterocycles. The number of carboxylic acid groups (broad SMARTS) is 1. The molecule has 2 bridgehead atoms. The first-order valence-corrected chi connectivity index (χ1v) is 11.2. The summed E-state index contributed by atoms with van der Waals surface area (Å²) in [4.78, 5) is 11.9. The van der Waals surface area contributed by atoms with Crippen molar-refractivity contribution < 1.29 is 20.1 Å². The third kappa shape index (κ3) is 3.42. The van der Waals surface area contributed by atoms with Gasteiger partial charge in [-0.25, -0.2) is 4.79 Å². The summed E-state index contributed by atoms with van der Waals surface area (Å²) >= 11 is 12.1. The van der Waals surface area contributed by atoms with E-state index in [0.717, 1.165) is 12.8 Å².